The van der Waals surface area contributed by atoms with E-state index in [1.807, 2.05) is 60.7 Å². The first-order valence-electron chi connectivity index (χ1n) is 6.25. The molecule has 3 aromatic rings. The van der Waals surface area contributed by atoms with E-state index in [0.717, 1.165) is 22.0 Å². The predicted molar refractivity (Wildman–Crippen MR) is 76.2 cm³/mol. The quantitative estimate of drug-likeness (QED) is 0.661. The van der Waals surface area contributed by atoms with E-state index in [1.54, 1.807) is 6.20 Å². The minimum Gasteiger partial charge on any atom is -0.294 e. The van der Waals surface area contributed by atoms with Crippen molar-refractivity contribution in [2.75, 3.05) is 0 Å². The lowest BCUT2D eigenvalue weighted by molar-refractivity contribution is 0.0992. The van der Waals surface area contributed by atoms with Crippen molar-refractivity contribution in [1.82, 2.24) is 4.98 Å². The molecule has 0 saturated heterocycles. The second-order valence-electron chi connectivity index (χ2n) is 4.44. The molecule has 2 aromatic carbocycles. The number of carbonyl (C=O) groups is 1. The van der Waals surface area contributed by atoms with Gasteiger partial charge in [-0.2, -0.15) is 0 Å². The molecule has 0 aliphatic heterocycles. The number of nitrogens with zero attached hydrogens (tertiary/aromatic N) is 1. The second kappa shape index (κ2) is 5.02. The summed E-state index contributed by atoms with van der Waals surface area (Å²) >= 11 is 0. The van der Waals surface area contributed by atoms with Crippen molar-refractivity contribution in [3.8, 4) is 0 Å². The van der Waals surface area contributed by atoms with Gasteiger partial charge in [-0.25, -0.2) is 0 Å². The molecule has 92 valence electrons. The van der Waals surface area contributed by atoms with Crippen LogP contribution in [0.4, 0.5) is 0 Å². The van der Waals surface area contributed by atoms with Crippen LogP contribution in [-0.2, 0) is 6.42 Å². The molecule has 0 saturated carbocycles. The van der Waals surface area contributed by atoms with Gasteiger partial charge in [0.25, 0.3) is 0 Å². The average molecular weight is 247 g/mol. The Hall–Kier alpha value is -2.48. The summed E-state index contributed by atoms with van der Waals surface area (Å²) in [7, 11) is 0. The molecule has 0 fully saturated rings. The van der Waals surface area contributed by atoms with Gasteiger partial charge in [-0.3, -0.25) is 9.78 Å². The number of rotatable bonds is 3. The lowest BCUT2D eigenvalue weighted by Gasteiger charge is -2.05. The van der Waals surface area contributed by atoms with Crippen molar-refractivity contribution in [3.05, 3.63) is 78.1 Å². The predicted octanol–water partition coefficient (Wildman–Crippen LogP) is 3.66. The molecule has 0 spiro atoms. The molecule has 0 amide bonds. The molecular formula is C17H13NO. The number of Topliss-reactive ketones (excluding diaryl/α,β-unsaturated/α-hetero) is 1. The number of benzene rings is 2. The van der Waals surface area contributed by atoms with Gasteiger partial charge in [0.15, 0.2) is 5.78 Å². The summed E-state index contributed by atoms with van der Waals surface area (Å²) in [5.41, 5.74) is 1.57. The smallest absolute Gasteiger partial charge is 0.168 e. The summed E-state index contributed by atoms with van der Waals surface area (Å²) in [6.07, 6.45) is 2.10. The minimum absolute atomic E-state index is 0.101. The standard InChI is InChI=1S/C17H13NO/c19-17(14-7-2-1-3-8-14)12-16-15-9-5-4-6-13(15)10-11-18-16/h1-11H,12H2. The molecule has 19 heavy (non-hydrogen) atoms. The maximum atomic E-state index is 12.2. The molecule has 3 rings (SSSR count). The minimum atomic E-state index is 0.101. The van der Waals surface area contributed by atoms with Gasteiger partial charge in [0, 0.05) is 17.1 Å². The Labute approximate surface area is 111 Å². The molecule has 0 bridgehead atoms. The van der Waals surface area contributed by atoms with Crippen molar-refractivity contribution in [1.29, 1.82) is 0 Å². The van der Waals surface area contributed by atoms with Gasteiger partial charge in [0.05, 0.1) is 12.1 Å². The van der Waals surface area contributed by atoms with Crippen LogP contribution in [0.3, 0.4) is 0 Å². The highest BCUT2D eigenvalue weighted by atomic mass is 16.1. The topological polar surface area (TPSA) is 30.0 Å². The van der Waals surface area contributed by atoms with E-state index < -0.39 is 0 Å². The number of pyridine rings is 1. The number of hydrogen-bond donors (Lipinski definition) is 0. The molecule has 1 heterocycles. The van der Waals surface area contributed by atoms with Crippen LogP contribution in [0.2, 0.25) is 0 Å². The Morgan fingerprint density at radius 1 is 0.895 bits per heavy atom. The van der Waals surface area contributed by atoms with Crippen LogP contribution in [0.25, 0.3) is 10.8 Å². The van der Waals surface area contributed by atoms with Crippen molar-refractivity contribution in [3.63, 3.8) is 0 Å². The fourth-order valence-electron chi connectivity index (χ4n) is 2.20. The van der Waals surface area contributed by atoms with E-state index in [2.05, 4.69) is 4.98 Å². The van der Waals surface area contributed by atoms with Gasteiger partial charge in [-0.05, 0) is 11.5 Å². The molecule has 0 aliphatic rings. The van der Waals surface area contributed by atoms with Gasteiger partial charge in [0.1, 0.15) is 0 Å². The van der Waals surface area contributed by atoms with Gasteiger partial charge < -0.3 is 0 Å². The van der Waals surface area contributed by atoms with Crippen molar-refractivity contribution in [2.45, 2.75) is 6.42 Å². The third kappa shape index (κ3) is 2.38. The molecule has 0 atom stereocenters. The van der Waals surface area contributed by atoms with Crippen LogP contribution < -0.4 is 0 Å². The zero-order chi connectivity index (χ0) is 13.1. The molecule has 1 aromatic heterocycles. The number of carbonyl (C=O) groups excluding carboxylic acids is 1. The summed E-state index contributed by atoms with van der Waals surface area (Å²) < 4.78 is 0. The van der Waals surface area contributed by atoms with E-state index in [0.29, 0.717) is 6.42 Å². The second-order valence-corrected chi connectivity index (χ2v) is 4.44. The molecule has 2 nitrogen and oxygen atoms in total. The van der Waals surface area contributed by atoms with E-state index in [4.69, 9.17) is 0 Å². The summed E-state index contributed by atoms with van der Waals surface area (Å²) in [6.45, 7) is 0. The Balaban J connectivity index is 1.96. The summed E-state index contributed by atoms with van der Waals surface area (Å²) in [6, 6.07) is 19.3. The lowest BCUT2D eigenvalue weighted by atomic mass is 10.0. The molecular weight excluding hydrogens is 234 g/mol. The maximum Gasteiger partial charge on any atom is 0.168 e. The highest BCUT2D eigenvalue weighted by Crippen LogP contribution is 2.17. The van der Waals surface area contributed by atoms with E-state index in [9.17, 15) is 4.79 Å². The maximum absolute atomic E-state index is 12.2. The Morgan fingerprint density at radius 2 is 1.63 bits per heavy atom. The number of hydrogen-bond acceptors (Lipinski definition) is 2. The third-order valence-electron chi connectivity index (χ3n) is 3.18. The summed E-state index contributed by atoms with van der Waals surface area (Å²) in [5.74, 6) is 0.101. The van der Waals surface area contributed by atoms with Crippen molar-refractivity contribution in [2.24, 2.45) is 0 Å². The molecule has 0 N–H and O–H groups in total. The fraction of sp³-hybridized carbons (Fsp3) is 0.0588. The van der Waals surface area contributed by atoms with Crippen LogP contribution in [-0.4, -0.2) is 10.8 Å². The van der Waals surface area contributed by atoms with E-state index in [-0.39, 0.29) is 5.78 Å². The fourth-order valence-corrected chi connectivity index (χ4v) is 2.20. The van der Waals surface area contributed by atoms with E-state index in [1.165, 1.54) is 0 Å². The van der Waals surface area contributed by atoms with Crippen LogP contribution >= 0.6 is 0 Å². The average Bonchev–Trinajstić information content (AvgIpc) is 2.48. The van der Waals surface area contributed by atoms with E-state index >= 15 is 0 Å². The monoisotopic (exact) mass is 247 g/mol. The summed E-state index contributed by atoms with van der Waals surface area (Å²) in [5, 5.41) is 2.17. The number of ketones is 1. The highest BCUT2D eigenvalue weighted by molar-refractivity contribution is 5.99. The SMILES string of the molecule is O=C(Cc1nccc2ccccc12)c1ccccc1. The number of fused-ring (bicyclic) bond motifs is 1. The van der Waals surface area contributed by atoms with Crippen LogP contribution in [0, 0.1) is 0 Å². The molecule has 2 heteroatoms. The first kappa shape index (κ1) is 11.6. The van der Waals surface area contributed by atoms with Crippen molar-refractivity contribution < 1.29 is 4.79 Å². The van der Waals surface area contributed by atoms with Crippen molar-refractivity contribution >= 4 is 16.6 Å². The van der Waals surface area contributed by atoms with Gasteiger partial charge in [0.2, 0.25) is 0 Å². The normalized spacial score (nSPS) is 10.5. The van der Waals surface area contributed by atoms with Gasteiger partial charge in [-0.1, -0.05) is 54.6 Å². The number of aromatic nitrogens is 1. The summed E-state index contributed by atoms with van der Waals surface area (Å²) in [4.78, 5) is 16.6. The first-order valence-corrected chi connectivity index (χ1v) is 6.25. The molecule has 0 aliphatic carbocycles. The highest BCUT2D eigenvalue weighted by Gasteiger charge is 2.09. The van der Waals surface area contributed by atoms with Crippen LogP contribution in [0.5, 0.6) is 0 Å². The van der Waals surface area contributed by atoms with Crippen LogP contribution in [0.15, 0.2) is 66.9 Å². The van der Waals surface area contributed by atoms with Gasteiger partial charge in [-0.15, -0.1) is 0 Å². The van der Waals surface area contributed by atoms with Crippen LogP contribution in [0.1, 0.15) is 16.1 Å². The first-order chi connectivity index (χ1) is 9.34. The Bertz CT molecular complexity index is 714. The molecule has 0 radical (unpaired) electrons. The lowest BCUT2D eigenvalue weighted by Crippen LogP contribution is -2.05. The Morgan fingerprint density at radius 3 is 2.47 bits per heavy atom. The third-order valence-corrected chi connectivity index (χ3v) is 3.18. The zero-order valence-corrected chi connectivity index (χ0v) is 10.4. The van der Waals surface area contributed by atoms with Gasteiger partial charge >= 0.3 is 0 Å². The Kier molecular flexibility index (Phi) is 3.07. The zero-order valence-electron chi connectivity index (χ0n) is 10.4. The largest absolute Gasteiger partial charge is 0.294 e. The molecule has 0 unspecified atom stereocenters.